The van der Waals surface area contributed by atoms with Crippen LogP contribution in [-0.4, -0.2) is 15.0 Å². The van der Waals surface area contributed by atoms with Crippen LogP contribution in [0.15, 0.2) is 48.5 Å². The van der Waals surface area contributed by atoms with Gasteiger partial charge >= 0.3 is 0 Å². The van der Waals surface area contributed by atoms with E-state index in [0.29, 0.717) is 11.8 Å². The molecule has 0 radical (unpaired) electrons. The summed E-state index contributed by atoms with van der Waals surface area (Å²) in [6.07, 6.45) is 4.38. The van der Waals surface area contributed by atoms with Crippen LogP contribution in [0.3, 0.4) is 0 Å². The zero-order valence-electron chi connectivity index (χ0n) is 17.7. The number of aromatic nitrogens is 3. The first kappa shape index (κ1) is 19.4. The fraction of sp³-hybridized carbons (Fsp3) is 0.240. The number of anilines is 4. The van der Waals surface area contributed by atoms with E-state index in [4.69, 9.17) is 15.0 Å². The second-order valence-electron chi connectivity index (χ2n) is 8.07. The third-order valence-corrected chi connectivity index (χ3v) is 5.72. The molecule has 0 aliphatic heterocycles. The highest BCUT2D eigenvalue weighted by atomic mass is 19.1. The summed E-state index contributed by atoms with van der Waals surface area (Å²) in [7, 11) is 0. The zero-order chi connectivity index (χ0) is 21.4. The molecule has 5 rings (SSSR count). The summed E-state index contributed by atoms with van der Waals surface area (Å²) in [5.41, 5.74) is 6.92. The lowest BCUT2D eigenvalue weighted by Gasteiger charge is -2.20. The molecule has 0 fully saturated rings. The molecule has 0 amide bonds. The minimum Gasteiger partial charge on any atom is -0.339 e. The predicted octanol–water partition coefficient (Wildman–Crippen LogP) is 6.15. The quantitative estimate of drug-likeness (QED) is 0.420. The highest BCUT2D eigenvalue weighted by Gasteiger charge is 2.17. The molecule has 0 bridgehead atoms. The Labute approximate surface area is 180 Å². The molecule has 5 nitrogen and oxygen atoms in total. The van der Waals surface area contributed by atoms with E-state index >= 15 is 0 Å². The van der Waals surface area contributed by atoms with Crippen molar-refractivity contribution in [3.63, 3.8) is 0 Å². The average Bonchev–Trinajstić information content (AvgIpc) is 2.75. The summed E-state index contributed by atoms with van der Waals surface area (Å²) in [5.74, 6) is 0.956. The van der Waals surface area contributed by atoms with Crippen molar-refractivity contribution >= 4 is 34.0 Å². The van der Waals surface area contributed by atoms with Crippen LogP contribution in [0.1, 0.15) is 35.4 Å². The van der Waals surface area contributed by atoms with E-state index in [-0.39, 0.29) is 5.82 Å². The lowest BCUT2D eigenvalue weighted by atomic mass is 9.94. The molecule has 2 N–H and O–H groups in total. The third kappa shape index (κ3) is 3.93. The molecule has 6 heteroatoms. The number of hydrogen-bond donors (Lipinski definition) is 2. The Bertz CT molecular complexity index is 1280. The van der Waals surface area contributed by atoms with Gasteiger partial charge in [0, 0.05) is 28.1 Å². The summed E-state index contributed by atoms with van der Waals surface area (Å²) in [4.78, 5) is 14.3. The summed E-state index contributed by atoms with van der Waals surface area (Å²) in [6.45, 7) is 3.89. The number of hydrogen-bond acceptors (Lipinski definition) is 5. The van der Waals surface area contributed by atoms with Crippen molar-refractivity contribution in [1.82, 2.24) is 15.0 Å². The molecule has 0 unspecified atom stereocenters. The standard InChI is InChI=1S/C25H24FN5/c1-15-13-17(26)11-12-20(15)28-24-19-8-4-6-10-22(19)29-25(31-24)30-23-14-16(2)27-21-9-5-3-7-18(21)23/h4,6,8,10-14H,3,5,7,9H2,1-2H3,(H2,27,28,29,30,31). The highest BCUT2D eigenvalue weighted by Crippen LogP contribution is 2.31. The van der Waals surface area contributed by atoms with Crippen molar-refractivity contribution in [2.75, 3.05) is 10.6 Å². The third-order valence-electron chi connectivity index (χ3n) is 5.72. The van der Waals surface area contributed by atoms with Crippen LogP contribution < -0.4 is 10.6 Å². The number of rotatable bonds is 4. The fourth-order valence-corrected chi connectivity index (χ4v) is 4.20. The molecule has 0 saturated heterocycles. The van der Waals surface area contributed by atoms with Gasteiger partial charge in [-0.25, -0.2) is 9.37 Å². The summed E-state index contributed by atoms with van der Waals surface area (Å²) in [5, 5.41) is 7.73. The van der Waals surface area contributed by atoms with Crippen molar-refractivity contribution in [1.29, 1.82) is 0 Å². The predicted molar refractivity (Wildman–Crippen MR) is 123 cm³/mol. The van der Waals surface area contributed by atoms with Gasteiger partial charge in [-0.1, -0.05) is 12.1 Å². The summed E-state index contributed by atoms with van der Waals surface area (Å²) < 4.78 is 13.5. The molecule has 0 spiro atoms. The Hall–Kier alpha value is -3.54. The zero-order valence-corrected chi connectivity index (χ0v) is 17.7. The van der Waals surface area contributed by atoms with Crippen LogP contribution in [0.5, 0.6) is 0 Å². The number of fused-ring (bicyclic) bond motifs is 2. The van der Waals surface area contributed by atoms with Crippen LogP contribution in [-0.2, 0) is 12.8 Å². The van der Waals surface area contributed by atoms with Crippen LogP contribution in [0.2, 0.25) is 0 Å². The van der Waals surface area contributed by atoms with Crippen LogP contribution in [0.25, 0.3) is 10.9 Å². The number of pyridine rings is 1. The second kappa shape index (κ2) is 7.95. The normalized spacial score (nSPS) is 13.1. The minimum atomic E-state index is -0.254. The van der Waals surface area contributed by atoms with Crippen molar-refractivity contribution in [3.8, 4) is 0 Å². The smallest absolute Gasteiger partial charge is 0.229 e. The van der Waals surface area contributed by atoms with Crippen molar-refractivity contribution in [2.24, 2.45) is 0 Å². The maximum Gasteiger partial charge on any atom is 0.229 e. The van der Waals surface area contributed by atoms with Crippen LogP contribution in [0.4, 0.5) is 27.5 Å². The first-order valence-electron chi connectivity index (χ1n) is 10.6. The van der Waals surface area contributed by atoms with E-state index < -0.39 is 0 Å². The SMILES string of the molecule is Cc1cc(Nc2nc(Nc3ccc(F)cc3C)c3ccccc3n2)c2c(n1)CCCC2. The van der Waals surface area contributed by atoms with Crippen molar-refractivity contribution in [3.05, 3.63) is 76.9 Å². The number of nitrogens with one attached hydrogen (secondary N) is 2. The minimum absolute atomic E-state index is 0.254. The van der Waals surface area contributed by atoms with E-state index in [2.05, 4.69) is 16.7 Å². The molecular formula is C25H24FN5. The van der Waals surface area contributed by atoms with Crippen molar-refractivity contribution < 1.29 is 4.39 Å². The Kier molecular flexibility index (Phi) is 4.98. The Morgan fingerprint density at radius 2 is 1.68 bits per heavy atom. The topological polar surface area (TPSA) is 62.7 Å². The molecule has 2 aromatic heterocycles. The van der Waals surface area contributed by atoms with E-state index in [9.17, 15) is 4.39 Å². The van der Waals surface area contributed by atoms with Gasteiger partial charge in [0.25, 0.3) is 0 Å². The monoisotopic (exact) mass is 413 g/mol. The summed E-state index contributed by atoms with van der Waals surface area (Å²) >= 11 is 0. The van der Waals surface area contributed by atoms with Gasteiger partial charge < -0.3 is 10.6 Å². The fourth-order valence-electron chi connectivity index (χ4n) is 4.20. The molecular weight excluding hydrogens is 389 g/mol. The van der Waals surface area contributed by atoms with Gasteiger partial charge in [0.05, 0.1) is 5.52 Å². The number of aryl methyl sites for hydroxylation is 3. The summed E-state index contributed by atoms with van der Waals surface area (Å²) in [6, 6.07) is 14.6. The highest BCUT2D eigenvalue weighted by molar-refractivity contribution is 5.92. The molecule has 2 heterocycles. The average molecular weight is 414 g/mol. The lowest BCUT2D eigenvalue weighted by Crippen LogP contribution is -2.11. The molecule has 0 atom stereocenters. The molecule has 1 aliphatic rings. The molecule has 31 heavy (non-hydrogen) atoms. The Morgan fingerprint density at radius 3 is 2.55 bits per heavy atom. The van der Waals surface area contributed by atoms with Gasteiger partial charge in [0.2, 0.25) is 5.95 Å². The Balaban J connectivity index is 1.57. The van der Waals surface area contributed by atoms with Crippen molar-refractivity contribution in [2.45, 2.75) is 39.5 Å². The van der Waals surface area contributed by atoms with E-state index in [1.807, 2.05) is 38.1 Å². The van der Waals surface area contributed by atoms with E-state index in [1.165, 1.54) is 36.2 Å². The number of halogens is 1. The maximum absolute atomic E-state index is 13.5. The van der Waals surface area contributed by atoms with Gasteiger partial charge in [0.15, 0.2) is 0 Å². The molecule has 156 valence electrons. The maximum atomic E-state index is 13.5. The van der Waals surface area contributed by atoms with Gasteiger partial charge in [-0.3, -0.25) is 4.98 Å². The number of nitrogens with zero attached hydrogens (tertiary/aromatic N) is 3. The van der Waals surface area contributed by atoms with E-state index in [0.717, 1.165) is 46.4 Å². The number of para-hydroxylation sites is 1. The lowest BCUT2D eigenvalue weighted by molar-refractivity contribution is 0.627. The van der Waals surface area contributed by atoms with Gasteiger partial charge in [-0.2, -0.15) is 4.98 Å². The molecule has 1 aliphatic carbocycles. The van der Waals surface area contributed by atoms with Crippen LogP contribution in [0, 0.1) is 19.7 Å². The number of benzene rings is 2. The molecule has 4 aromatic rings. The molecule has 2 aromatic carbocycles. The largest absolute Gasteiger partial charge is 0.339 e. The van der Waals surface area contributed by atoms with Crippen LogP contribution >= 0.6 is 0 Å². The van der Waals surface area contributed by atoms with Gasteiger partial charge in [-0.15, -0.1) is 0 Å². The first-order chi connectivity index (χ1) is 15.1. The van der Waals surface area contributed by atoms with E-state index in [1.54, 1.807) is 6.07 Å². The Morgan fingerprint density at radius 1 is 0.839 bits per heavy atom. The molecule has 0 saturated carbocycles. The van der Waals surface area contributed by atoms with Gasteiger partial charge in [-0.05, 0) is 87.1 Å². The van der Waals surface area contributed by atoms with Gasteiger partial charge in [0.1, 0.15) is 11.6 Å². The second-order valence-corrected chi connectivity index (χ2v) is 8.07. The first-order valence-corrected chi connectivity index (χ1v) is 10.6.